The molecular weight excluding hydrogens is 506 g/mol. The van der Waals surface area contributed by atoms with Gasteiger partial charge in [-0.05, 0) is 66.2 Å². The standard InChI is InChI=1S/C29H22ClN3O3S/c30-21-10-14-23(15-11-21)33-28(35)25-8-4-5-9-26(25)32-29(33)37-19-27(34)31-22-12-16-24(17-13-22)36-18-20-6-2-1-3-7-20/h1-17H,18-19H2,(H,31,34). The van der Waals surface area contributed by atoms with Crippen molar-refractivity contribution < 1.29 is 9.53 Å². The zero-order valence-electron chi connectivity index (χ0n) is 19.6. The molecule has 0 saturated heterocycles. The van der Waals surface area contributed by atoms with Crippen LogP contribution in [0.2, 0.25) is 5.02 Å². The topological polar surface area (TPSA) is 73.2 Å². The molecule has 0 unspecified atom stereocenters. The molecule has 4 aromatic carbocycles. The highest BCUT2D eigenvalue weighted by atomic mass is 35.5. The van der Waals surface area contributed by atoms with Crippen molar-refractivity contribution in [3.8, 4) is 11.4 Å². The van der Waals surface area contributed by atoms with E-state index in [9.17, 15) is 9.59 Å². The molecule has 0 aliphatic heterocycles. The van der Waals surface area contributed by atoms with Crippen molar-refractivity contribution in [3.63, 3.8) is 0 Å². The minimum Gasteiger partial charge on any atom is -0.489 e. The van der Waals surface area contributed by atoms with Crippen LogP contribution in [0.5, 0.6) is 5.75 Å². The van der Waals surface area contributed by atoms with Crippen LogP contribution >= 0.6 is 23.4 Å². The van der Waals surface area contributed by atoms with Crippen molar-refractivity contribution in [1.82, 2.24) is 9.55 Å². The monoisotopic (exact) mass is 527 g/mol. The summed E-state index contributed by atoms with van der Waals surface area (Å²) in [5.41, 5.74) is 2.73. The fourth-order valence-corrected chi connectivity index (χ4v) is 4.67. The van der Waals surface area contributed by atoms with Gasteiger partial charge in [-0.3, -0.25) is 14.2 Å². The Kier molecular flexibility index (Phi) is 7.54. The van der Waals surface area contributed by atoms with Gasteiger partial charge in [0.15, 0.2) is 5.16 Å². The van der Waals surface area contributed by atoms with Gasteiger partial charge in [0.25, 0.3) is 5.56 Å². The lowest BCUT2D eigenvalue weighted by molar-refractivity contribution is -0.113. The number of carbonyl (C=O) groups excluding carboxylic acids is 1. The molecule has 37 heavy (non-hydrogen) atoms. The van der Waals surface area contributed by atoms with E-state index in [0.29, 0.717) is 44.8 Å². The minimum atomic E-state index is -0.215. The fourth-order valence-electron chi connectivity index (χ4n) is 3.73. The molecule has 184 valence electrons. The van der Waals surface area contributed by atoms with Crippen molar-refractivity contribution in [2.24, 2.45) is 0 Å². The molecule has 0 aliphatic rings. The third-order valence-corrected chi connectivity index (χ3v) is 6.74. The number of aromatic nitrogens is 2. The van der Waals surface area contributed by atoms with E-state index in [1.165, 1.54) is 16.3 Å². The maximum Gasteiger partial charge on any atom is 0.266 e. The lowest BCUT2D eigenvalue weighted by atomic mass is 10.2. The van der Waals surface area contributed by atoms with Gasteiger partial charge in [0.2, 0.25) is 5.91 Å². The van der Waals surface area contributed by atoms with Crippen molar-refractivity contribution in [2.45, 2.75) is 11.8 Å². The second kappa shape index (κ2) is 11.3. The highest BCUT2D eigenvalue weighted by Gasteiger charge is 2.15. The van der Waals surface area contributed by atoms with Gasteiger partial charge in [0.05, 0.1) is 22.3 Å². The summed E-state index contributed by atoms with van der Waals surface area (Å²) in [6, 6.07) is 31.2. The van der Waals surface area contributed by atoms with Crippen LogP contribution < -0.4 is 15.6 Å². The number of ether oxygens (including phenoxy) is 1. The molecule has 5 rings (SSSR count). The first-order valence-electron chi connectivity index (χ1n) is 11.5. The Morgan fingerprint density at radius 2 is 1.59 bits per heavy atom. The number of thioether (sulfide) groups is 1. The van der Waals surface area contributed by atoms with Gasteiger partial charge in [-0.25, -0.2) is 4.98 Å². The van der Waals surface area contributed by atoms with Crippen molar-refractivity contribution in [3.05, 3.63) is 124 Å². The SMILES string of the molecule is O=C(CSc1nc2ccccc2c(=O)n1-c1ccc(Cl)cc1)Nc1ccc(OCc2ccccc2)cc1. The number of para-hydroxylation sites is 1. The predicted octanol–water partition coefficient (Wildman–Crippen LogP) is 6.35. The first-order valence-corrected chi connectivity index (χ1v) is 12.9. The van der Waals surface area contributed by atoms with Gasteiger partial charge in [-0.2, -0.15) is 0 Å². The molecule has 1 N–H and O–H groups in total. The van der Waals surface area contributed by atoms with Crippen LogP contribution in [0.15, 0.2) is 113 Å². The number of benzene rings is 4. The number of carbonyl (C=O) groups is 1. The molecule has 0 bridgehead atoms. The van der Waals surface area contributed by atoms with Crippen molar-refractivity contribution in [2.75, 3.05) is 11.1 Å². The molecule has 5 aromatic rings. The molecule has 0 atom stereocenters. The third-order valence-electron chi connectivity index (χ3n) is 5.55. The second-order valence-electron chi connectivity index (χ2n) is 8.16. The molecule has 6 nitrogen and oxygen atoms in total. The molecule has 1 aromatic heterocycles. The fraction of sp³-hybridized carbons (Fsp3) is 0.0690. The lowest BCUT2D eigenvalue weighted by Crippen LogP contribution is -2.22. The summed E-state index contributed by atoms with van der Waals surface area (Å²) in [4.78, 5) is 30.7. The number of rotatable bonds is 8. The van der Waals surface area contributed by atoms with E-state index in [4.69, 9.17) is 16.3 Å². The maximum atomic E-state index is 13.3. The Balaban J connectivity index is 1.28. The summed E-state index contributed by atoms with van der Waals surface area (Å²) in [5, 5.41) is 4.37. The van der Waals surface area contributed by atoms with E-state index in [-0.39, 0.29) is 17.2 Å². The summed E-state index contributed by atoms with van der Waals surface area (Å²) in [5.74, 6) is 0.571. The van der Waals surface area contributed by atoms with Gasteiger partial charge < -0.3 is 10.1 Å². The molecule has 0 saturated carbocycles. The molecule has 0 fully saturated rings. The number of halogens is 1. The van der Waals surface area contributed by atoms with Gasteiger partial charge in [-0.1, -0.05) is 65.8 Å². The number of amides is 1. The van der Waals surface area contributed by atoms with Gasteiger partial charge in [0.1, 0.15) is 12.4 Å². The predicted molar refractivity (Wildman–Crippen MR) is 149 cm³/mol. The Labute approximate surface area is 222 Å². The van der Waals surface area contributed by atoms with Crippen molar-refractivity contribution in [1.29, 1.82) is 0 Å². The summed E-state index contributed by atoms with van der Waals surface area (Å²) >= 11 is 7.23. The molecule has 0 aliphatic carbocycles. The molecule has 0 spiro atoms. The zero-order chi connectivity index (χ0) is 25.6. The normalized spacial score (nSPS) is 10.8. The third kappa shape index (κ3) is 6.02. The van der Waals surface area contributed by atoms with Gasteiger partial charge in [0, 0.05) is 10.7 Å². The van der Waals surface area contributed by atoms with E-state index in [0.717, 1.165) is 5.56 Å². The number of nitrogens with one attached hydrogen (secondary N) is 1. The highest BCUT2D eigenvalue weighted by molar-refractivity contribution is 7.99. The number of anilines is 1. The molecule has 1 amide bonds. The van der Waals surface area contributed by atoms with Crippen LogP contribution in [0.1, 0.15) is 5.56 Å². The Bertz CT molecular complexity index is 1590. The minimum absolute atomic E-state index is 0.0740. The first-order chi connectivity index (χ1) is 18.1. The molecule has 0 radical (unpaired) electrons. The molecular formula is C29H22ClN3O3S. The number of hydrogen-bond acceptors (Lipinski definition) is 5. The molecule has 8 heteroatoms. The number of nitrogens with zero attached hydrogens (tertiary/aromatic N) is 2. The Morgan fingerprint density at radius 3 is 2.35 bits per heavy atom. The van der Waals surface area contributed by atoms with Crippen LogP contribution in [0.3, 0.4) is 0 Å². The number of fused-ring (bicyclic) bond motifs is 1. The van der Waals surface area contributed by atoms with Crippen LogP contribution in [0.4, 0.5) is 5.69 Å². The average molecular weight is 528 g/mol. The molecule has 1 heterocycles. The zero-order valence-corrected chi connectivity index (χ0v) is 21.2. The van der Waals surface area contributed by atoms with E-state index >= 15 is 0 Å². The van der Waals surface area contributed by atoms with E-state index < -0.39 is 0 Å². The van der Waals surface area contributed by atoms with E-state index in [1.54, 1.807) is 54.6 Å². The maximum absolute atomic E-state index is 13.3. The quantitative estimate of drug-likeness (QED) is 0.188. The smallest absolute Gasteiger partial charge is 0.266 e. The van der Waals surface area contributed by atoms with Crippen LogP contribution in [0, 0.1) is 0 Å². The largest absolute Gasteiger partial charge is 0.489 e. The lowest BCUT2D eigenvalue weighted by Gasteiger charge is -2.13. The number of hydrogen-bond donors (Lipinski definition) is 1. The van der Waals surface area contributed by atoms with Crippen LogP contribution in [-0.4, -0.2) is 21.2 Å². The van der Waals surface area contributed by atoms with E-state index in [2.05, 4.69) is 10.3 Å². The second-order valence-corrected chi connectivity index (χ2v) is 9.54. The summed E-state index contributed by atoms with van der Waals surface area (Å²) in [6.45, 7) is 0.470. The van der Waals surface area contributed by atoms with E-state index in [1.807, 2.05) is 48.5 Å². The van der Waals surface area contributed by atoms with Crippen LogP contribution in [-0.2, 0) is 11.4 Å². The Hall–Kier alpha value is -4.07. The van der Waals surface area contributed by atoms with Gasteiger partial charge in [-0.15, -0.1) is 0 Å². The summed E-state index contributed by atoms with van der Waals surface area (Å²) in [7, 11) is 0. The van der Waals surface area contributed by atoms with Crippen molar-refractivity contribution >= 4 is 45.9 Å². The summed E-state index contributed by atoms with van der Waals surface area (Å²) in [6.07, 6.45) is 0. The first kappa shape index (κ1) is 24.6. The average Bonchev–Trinajstić information content (AvgIpc) is 2.93. The summed E-state index contributed by atoms with van der Waals surface area (Å²) < 4.78 is 7.31. The van der Waals surface area contributed by atoms with Gasteiger partial charge >= 0.3 is 0 Å². The Morgan fingerprint density at radius 1 is 0.892 bits per heavy atom. The van der Waals surface area contributed by atoms with Crippen LogP contribution in [0.25, 0.3) is 16.6 Å². The highest BCUT2D eigenvalue weighted by Crippen LogP contribution is 2.23.